The molecule has 6 heteroatoms. The Hall–Kier alpha value is -1.82. The minimum absolute atomic E-state index is 0.204. The number of amides is 1. The summed E-state index contributed by atoms with van der Waals surface area (Å²) in [5.41, 5.74) is 4.85. The summed E-state index contributed by atoms with van der Waals surface area (Å²) in [7, 11) is 0. The molecule has 1 heterocycles. The fraction of sp³-hybridized carbons (Fsp3) is 0.400. The zero-order valence-electron chi connectivity index (χ0n) is 8.92. The molecule has 0 aliphatic heterocycles. The molecule has 1 aromatic heterocycles. The molecule has 0 aliphatic carbocycles. The number of aromatic nitrogens is 1. The Morgan fingerprint density at radius 1 is 1.69 bits per heavy atom. The fourth-order valence-electron chi connectivity index (χ4n) is 1.36. The maximum Gasteiger partial charge on any atom is 0.404 e. The Kier molecular flexibility index (Phi) is 4.07. The van der Waals surface area contributed by atoms with Crippen molar-refractivity contribution in [3.63, 3.8) is 0 Å². The van der Waals surface area contributed by atoms with Gasteiger partial charge in [0.25, 0.3) is 5.56 Å². The molecule has 1 amide bonds. The van der Waals surface area contributed by atoms with E-state index in [1.807, 2.05) is 0 Å². The Morgan fingerprint density at radius 2 is 2.38 bits per heavy atom. The number of ether oxygens (including phenoxy) is 1. The molecule has 16 heavy (non-hydrogen) atoms. The van der Waals surface area contributed by atoms with Gasteiger partial charge in [0.05, 0.1) is 13.2 Å². The van der Waals surface area contributed by atoms with Crippen molar-refractivity contribution in [3.8, 4) is 0 Å². The van der Waals surface area contributed by atoms with Crippen LogP contribution >= 0.6 is 0 Å². The number of carbonyl (C=O) groups excluding carboxylic acids is 1. The zero-order valence-corrected chi connectivity index (χ0v) is 8.92. The highest BCUT2D eigenvalue weighted by Gasteiger charge is 2.09. The van der Waals surface area contributed by atoms with Crippen molar-refractivity contribution in [1.29, 1.82) is 0 Å². The minimum atomic E-state index is -0.876. The van der Waals surface area contributed by atoms with Gasteiger partial charge >= 0.3 is 6.09 Å². The summed E-state index contributed by atoms with van der Waals surface area (Å²) < 4.78 is 6.06. The van der Waals surface area contributed by atoms with E-state index in [4.69, 9.17) is 15.6 Å². The summed E-state index contributed by atoms with van der Waals surface area (Å²) in [6.45, 7) is 1.52. The molecule has 0 fully saturated rings. The molecule has 0 unspecified atom stereocenters. The first-order valence-electron chi connectivity index (χ1n) is 4.80. The largest absolute Gasteiger partial charge is 0.445 e. The van der Waals surface area contributed by atoms with Crippen molar-refractivity contribution < 1.29 is 14.6 Å². The van der Waals surface area contributed by atoms with Gasteiger partial charge in [-0.25, -0.2) is 4.79 Å². The third-order valence-electron chi connectivity index (χ3n) is 2.04. The van der Waals surface area contributed by atoms with Crippen LogP contribution in [0.15, 0.2) is 23.1 Å². The molecule has 0 bridgehead atoms. The highest BCUT2D eigenvalue weighted by molar-refractivity contribution is 5.64. The molecule has 1 rings (SSSR count). The van der Waals surface area contributed by atoms with Crippen LogP contribution < -0.4 is 11.3 Å². The maximum absolute atomic E-state index is 11.7. The normalized spacial score (nSPS) is 12.1. The molecular weight excluding hydrogens is 212 g/mol. The Balaban J connectivity index is 2.81. The third-order valence-corrected chi connectivity index (χ3v) is 2.04. The van der Waals surface area contributed by atoms with Crippen LogP contribution in [0, 0.1) is 0 Å². The van der Waals surface area contributed by atoms with E-state index in [2.05, 4.69) is 0 Å². The van der Waals surface area contributed by atoms with Crippen LogP contribution in [-0.2, 0) is 17.9 Å². The number of hydrogen-bond donors (Lipinski definition) is 2. The van der Waals surface area contributed by atoms with Crippen LogP contribution in [0.25, 0.3) is 0 Å². The predicted octanol–water partition coefficient (Wildman–Crippen LogP) is -0.176. The van der Waals surface area contributed by atoms with Crippen molar-refractivity contribution in [2.24, 2.45) is 5.73 Å². The lowest BCUT2D eigenvalue weighted by atomic mass is 10.3. The molecule has 3 N–H and O–H groups in total. The van der Waals surface area contributed by atoms with Crippen LogP contribution in [0.2, 0.25) is 0 Å². The highest BCUT2D eigenvalue weighted by Crippen LogP contribution is 1.97. The Labute approximate surface area is 92.3 Å². The van der Waals surface area contributed by atoms with E-state index < -0.39 is 12.2 Å². The first-order valence-corrected chi connectivity index (χ1v) is 4.80. The van der Waals surface area contributed by atoms with Gasteiger partial charge in [-0.15, -0.1) is 0 Å². The quantitative estimate of drug-likeness (QED) is 0.744. The molecule has 0 aliphatic rings. The van der Waals surface area contributed by atoms with Crippen LogP contribution in [0.5, 0.6) is 0 Å². The smallest absolute Gasteiger partial charge is 0.404 e. The van der Waals surface area contributed by atoms with Gasteiger partial charge in [0.15, 0.2) is 0 Å². The molecule has 6 nitrogen and oxygen atoms in total. The lowest BCUT2D eigenvalue weighted by Crippen LogP contribution is -2.30. The van der Waals surface area contributed by atoms with E-state index in [1.165, 1.54) is 4.57 Å². The second-order valence-electron chi connectivity index (χ2n) is 3.40. The van der Waals surface area contributed by atoms with Gasteiger partial charge in [0.2, 0.25) is 0 Å². The first-order chi connectivity index (χ1) is 7.54. The van der Waals surface area contributed by atoms with Crippen molar-refractivity contribution in [1.82, 2.24) is 4.57 Å². The number of hydrogen-bond acceptors (Lipinski definition) is 4. The van der Waals surface area contributed by atoms with Crippen molar-refractivity contribution in [2.45, 2.75) is 26.2 Å². The number of primary amides is 1. The molecule has 1 aromatic rings. The Morgan fingerprint density at radius 3 is 2.94 bits per heavy atom. The molecule has 0 aromatic carbocycles. The van der Waals surface area contributed by atoms with E-state index in [0.717, 1.165) is 0 Å². The first kappa shape index (κ1) is 12.3. The van der Waals surface area contributed by atoms with Crippen LogP contribution in [0.1, 0.15) is 12.5 Å². The summed E-state index contributed by atoms with van der Waals surface area (Å²) >= 11 is 0. The average Bonchev–Trinajstić information content (AvgIpc) is 2.20. The highest BCUT2D eigenvalue weighted by atomic mass is 16.6. The van der Waals surface area contributed by atoms with E-state index in [9.17, 15) is 9.59 Å². The van der Waals surface area contributed by atoms with Gasteiger partial charge in [-0.05, 0) is 19.1 Å². The third kappa shape index (κ3) is 3.09. The number of pyridine rings is 1. The SMILES string of the molecule is C[C@@H](Cn1cccc(CO)c1=O)OC(N)=O. The topological polar surface area (TPSA) is 94.6 Å². The van der Waals surface area contributed by atoms with Crippen LogP contribution in [0.3, 0.4) is 0 Å². The van der Waals surface area contributed by atoms with Gasteiger partial charge in [-0.2, -0.15) is 0 Å². The zero-order chi connectivity index (χ0) is 12.1. The monoisotopic (exact) mass is 226 g/mol. The van der Waals surface area contributed by atoms with E-state index >= 15 is 0 Å². The number of aliphatic hydroxyl groups excluding tert-OH is 1. The molecule has 0 saturated carbocycles. The van der Waals surface area contributed by atoms with Gasteiger partial charge < -0.3 is 20.1 Å². The number of aliphatic hydroxyl groups is 1. The number of carbonyl (C=O) groups is 1. The summed E-state index contributed by atoms with van der Waals surface area (Å²) in [4.78, 5) is 22.1. The molecular formula is C10H14N2O4. The lowest BCUT2D eigenvalue weighted by molar-refractivity contribution is 0.105. The van der Waals surface area contributed by atoms with Crippen LogP contribution in [0.4, 0.5) is 4.79 Å². The standard InChI is InChI=1S/C10H14N2O4/c1-7(16-10(11)15)5-12-4-2-3-8(6-13)9(12)14/h2-4,7,13H,5-6H2,1H3,(H2,11,15)/t7-/m0/s1. The molecule has 0 spiro atoms. The van der Waals surface area contributed by atoms with Gasteiger partial charge in [0, 0.05) is 11.8 Å². The molecule has 88 valence electrons. The molecule has 0 radical (unpaired) electrons. The number of nitrogens with two attached hydrogens (primary N) is 1. The van der Waals surface area contributed by atoms with E-state index in [-0.39, 0.29) is 18.7 Å². The number of rotatable bonds is 4. The van der Waals surface area contributed by atoms with Crippen molar-refractivity contribution >= 4 is 6.09 Å². The second-order valence-corrected chi connectivity index (χ2v) is 3.40. The summed E-state index contributed by atoms with van der Waals surface area (Å²) in [5.74, 6) is 0. The van der Waals surface area contributed by atoms with Crippen LogP contribution in [-0.4, -0.2) is 21.9 Å². The molecule has 0 saturated heterocycles. The Bertz CT molecular complexity index is 427. The summed E-state index contributed by atoms with van der Waals surface area (Å²) in [6, 6.07) is 3.18. The summed E-state index contributed by atoms with van der Waals surface area (Å²) in [5, 5.41) is 8.90. The van der Waals surface area contributed by atoms with Gasteiger partial charge in [0.1, 0.15) is 6.10 Å². The number of nitrogens with zero attached hydrogens (tertiary/aromatic N) is 1. The van der Waals surface area contributed by atoms with Crippen molar-refractivity contribution in [3.05, 3.63) is 34.2 Å². The maximum atomic E-state index is 11.7. The van der Waals surface area contributed by atoms with Gasteiger partial charge in [-0.1, -0.05) is 0 Å². The predicted molar refractivity (Wildman–Crippen MR) is 56.8 cm³/mol. The lowest BCUT2D eigenvalue weighted by Gasteiger charge is -2.13. The minimum Gasteiger partial charge on any atom is -0.445 e. The second kappa shape index (κ2) is 5.32. The average molecular weight is 226 g/mol. The van der Waals surface area contributed by atoms with E-state index in [1.54, 1.807) is 25.3 Å². The van der Waals surface area contributed by atoms with E-state index in [0.29, 0.717) is 5.56 Å². The van der Waals surface area contributed by atoms with Crippen molar-refractivity contribution in [2.75, 3.05) is 0 Å². The molecule has 1 atom stereocenters. The fourth-order valence-corrected chi connectivity index (χ4v) is 1.36. The summed E-state index contributed by atoms with van der Waals surface area (Å²) in [6.07, 6.45) is 0.186. The van der Waals surface area contributed by atoms with Gasteiger partial charge in [-0.3, -0.25) is 4.79 Å².